The number of piperazine rings is 1. The summed E-state index contributed by atoms with van der Waals surface area (Å²) < 4.78 is 10.7. The number of aryl methyl sites for hydroxylation is 1. The summed E-state index contributed by atoms with van der Waals surface area (Å²) in [6.45, 7) is 5.30. The number of hydrogen-bond donors (Lipinski definition) is 0. The topological polar surface area (TPSA) is 84.6 Å². The van der Waals surface area contributed by atoms with Crippen LogP contribution in [0, 0.1) is 6.92 Å². The van der Waals surface area contributed by atoms with Crippen LogP contribution in [0.4, 0.5) is 0 Å². The van der Waals surface area contributed by atoms with Crippen molar-refractivity contribution in [3.8, 4) is 17.1 Å². The molecule has 0 saturated carbocycles. The Morgan fingerprint density at radius 2 is 1.77 bits per heavy atom. The summed E-state index contributed by atoms with van der Waals surface area (Å²) >= 11 is 1.51. The molecule has 0 radical (unpaired) electrons. The van der Waals surface area contributed by atoms with Crippen LogP contribution in [0.25, 0.3) is 11.4 Å². The molecule has 4 aromatic rings. The van der Waals surface area contributed by atoms with Crippen LogP contribution in [0.5, 0.6) is 5.75 Å². The molecule has 0 atom stereocenters. The first-order chi connectivity index (χ1) is 17.1. The van der Waals surface area contributed by atoms with Gasteiger partial charge in [0.25, 0.3) is 5.91 Å². The highest BCUT2D eigenvalue weighted by atomic mass is 32.1. The Kier molecular flexibility index (Phi) is 6.87. The summed E-state index contributed by atoms with van der Waals surface area (Å²) in [5.74, 6) is 1.98. The number of carbonyl (C=O) groups is 1. The van der Waals surface area contributed by atoms with Crippen molar-refractivity contribution in [1.82, 2.24) is 24.9 Å². The number of rotatable bonds is 7. The Labute approximate surface area is 208 Å². The lowest BCUT2D eigenvalue weighted by atomic mass is 10.2. The molecule has 1 saturated heterocycles. The first-order valence-electron chi connectivity index (χ1n) is 11.6. The molecule has 2 aromatic carbocycles. The van der Waals surface area contributed by atoms with E-state index in [-0.39, 0.29) is 5.91 Å². The fourth-order valence-corrected chi connectivity index (χ4v) is 5.18. The van der Waals surface area contributed by atoms with Crippen LogP contribution in [0.3, 0.4) is 0 Å². The summed E-state index contributed by atoms with van der Waals surface area (Å²) in [5.41, 5.74) is 2.89. The van der Waals surface area contributed by atoms with E-state index in [4.69, 9.17) is 9.26 Å². The molecule has 9 heteroatoms. The van der Waals surface area contributed by atoms with Gasteiger partial charge >= 0.3 is 0 Å². The zero-order valence-corrected chi connectivity index (χ0v) is 20.6. The zero-order valence-electron chi connectivity index (χ0n) is 19.8. The number of carbonyl (C=O) groups excluding carboxylic acids is 1. The van der Waals surface area contributed by atoms with Crippen LogP contribution in [0.2, 0.25) is 0 Å². The van der Waals surface area contributed by atoms with Crippen molar-refractivity contribution < 1.29 is 14.1 Å². The van der Waals surface area contributed by atoms with E-state index in [2.05, 4.69) is 32.2 Å². The molecule has 0 spiro atoms. The third kappa shape index (κ3) is 5.41. The molecular formula is C26H27N5O3S. The van der Waals surface area contributed by atoms with Gasteiger partial charge in [-0.15, -0.1) is 11.3 Å². The summed E-state index contributed by atoms with van der Waals surface area (Å²) in [6, 6.07) is 17.8. The predicted octanol–water partition coefficient (Wildman–Crippen LogP) is 4.06. The minimum absolute atomic E-state index is 0.0681. The van der Waals surface area contributed by atoms with Crippen molar-refractivity contribution >= 4 is 17.2 Å². The van der Waals surface area contributed by atoms with Crippen molar-refractivity contribution in [2.75, 3.05) is 33.3 Å². The maximum Gasteiger partial charge on any atom is 0.265 e. The molecule has 1 amide bonds. The molecule has 0 unspecified atom stereocenters. The third-order valence-electron chi connectivity index (χ3n) is 6.07. The standard InChI is InChI=1S/C26H27N5O3S/c1-18-24(35-23(27-18)16-19-6-4-3-5-7-19)26(32)31-14-12-30(13-15-31)17-22-28-25(29-34-22)20-8-10-21(33-2)11-9-20/h3-11H,12-17H2,1-2H3. The molecule has 8 nitrogen and oxygen atoms in total. The van der Waals surface area contributed by atoms with E-state index in [1.54, 1.807) is 7.11 Å². The smallest absolute Gasteiger partial charge is 0.265 e. The molecule has 35 heavy (non-hydrogen) atoms. The number of thiazole rings is 1. The van der Waals surface area contributed by atoms with Crippen LogP contribution in [0.1, 0.15) is 31.8 Å². The molecule has 3 heterocycles. The second-order valence-electron chi connectivity index (χ2n) is 8.49. The van der Waals surface area contributed by atoms with Gasteiger partial charge in [0.1, 0.15) is 10.6 Å². The molecule has 0 bridgehead atoms. The van der Waals surface area contributed by atoms with Crippen molar-refractivity contribution in [1.29, 1.82) is 0 Å². The lowest BCUT2D eigenvalue weighted by Gasteiger charge is -2.33. The molecule has 1 aliphatic heterocycles. The van der Waals surface area contributed by atoms with E-state index < -0.39 is 0 Å². The quantitative estimate of drug-likeness (QED) is 0.387. The average molecular weight is 490 g/mol. The number of methoxy groups -OCH3 is 1. The van der Waals surface area contributed by atoms with E-state index >= 15 is 0 Å². The monoisotopic (exact) mass is 489 g/mol. The van der Waals surface area contributed by atoms with Gasteiger partial charge in [0.05, 0.1) is 24.4 Å². The Balaban J connectivity index is 1.16. The van der Waals surface area contributed by atoms with Crippen LogP contribution >= 0.6 is 11.3 Å². The largest absolute Gasteiger partial charge is 0.497 e. The summed E-state index contributed by atoms with van der Waals surface area (Å²) in [5, 5.41) is 5.08. The van der Waals surface area contributed by atoms with Crippen LogP contribution in [0.15, 0.2) is 59.1 Å². The second kappa shape index (κ2) is 10.4. The zero-order chi connectivity index (χ0) is 24.2. The second-order valence-corrected chi connectivity index (χ2v) is 9.58. The van der Waals surface area contributed by atoms with E-state index in [1.807, 2.05) is 54.3 Å². The minimum Gasteiger partial charge on any atom is -0.497 e. The maximum atomic E-state index is 13.2. The van der Waals surface area contributed by atoms with Crippen molar-refractivity contribution in [2.45, 2.75) is 19.9 Å². The van der Waals surface area contributed by atoms with Gasteiger partial charge in [0.2, 0.25) is 11.7 Å². The highest BCUT2D eigenvalue weighted by Gasteiger charge is 2.26. The lowest BCUT2D eigenvalue weighted by Crippen LogP contribution is -2.48. The highest BCUT2D eigenvalue weighted by molar-refractivity contribution is 7.13. The fourth-order valence-electron chi connectivity index (χ4n) is 4.12. The predicted molar refractivity (Wildman–Crippen MR) is 134 cm³/mol. The van der Waals surface area contributed by atoms with Gasteiger partial charge in [-0.3, -0.25) is 9.69 Å². The normalized spacial score (nSPS) is 14.3. The van der Waals surface area contributed by atoms with Crippen LogP contribution in [-0.2, 0) is 13.0 Å². The SMILES string of the molecule is COc1ccc(-c2noc(CN3CCN(C(=O)c4sc(Cc5ccccc5)nc4C)CC3)n2)cc1. The van der Waals surface area contributed by atoms with Crippen molar-refractivity contribution in [3.05, 3.63) is 81.6 Å². The first kappa shape index (κ1) is 23.2. The number of benzene rings is 2. The summed E-state index contributed by atoms with van der Waals surface area (Å²) in [6.07, 6.45) is 0.746. The highest BCUT2D eigenvalue weighted by Crippen LogP contribution is 2.24. The van der Waals surface area contributed by atoms with Crippen LogP contribution in [-0.4, -0.2) is 64.1 Å². The fraction of sp³-hybridized carbons (Fsp3) is 0.308. The number of amides is 1. The van der Waals surface area contributed by atoms with Crippen LogP contribution < -0.4 is 4.74 Å². The Morgan fingerprint density at radius 1 is 1.03 bits per heavy atom. The Hall–Kier alpha value is -3.56. The first-order valence-corrected chi connectivity index (χ1v) is 12.4. The van der Waals surface area contributed by atoms with E-state index in [0.717, 1.165) is 46.4 Å². The molecular weight excluding hydrogens is 462 g/mol. The average Bonchev–Trinajstić information content (AvgIpc) is 3.51. The van der Waals surface area contributed by atoms with Gasteiger partial charge in [0.15, 0.2) is 0 Å². The molecule has 5 rings (SSSR count). The Morgan fingerprint density at radius 3 is 2.49 bits per heavy atom. The summed E-state index contributed by atoms with van der Waals surface area (Å²) in [4.78, 5) is 27.3. The molecule has 0 N–H and O–H groups in total. The van der Waals surface area contributed by atoms with Gasteiger partial charge in [0, 0.05) is 38.2 Å². The van der Waals surface area contributed by atoms with Gasteiger partial charge in [-0.05, 0) is 36.8 Å². The van der Waals surface area contributed by atoms with Gasteiger partial charge in [-0.2, -0.15) is 4.98 Å². The molecule has 2 aromatic heterocycles. The van der Waals surface area contributed by atoms with Crippen molar-refractivity contribution in [3.63, 3.8) is 0 Å². The van der Waals surface area contributed by atoms with Gasteiger partial charge in [-0.25, -0.2) is 4.98 Å². The number of aromatic nitrogens is 3. The molecule has 0 aliphatic carbocycles. The summed E-state index contributed by atoms with van der Waals surface area (Å²) in [7, 11) is 1.64. The maximum absolute atomic E-state index is 13.2. The molecule has 180 valence electrons. The molecule has 1 aliphatic rings. The molecule has 1 fully saturated rings. The van der Waals surface area contributed by atoms with Crippen molar-refractivity contribution in [2.24, 2.45) is 0 Å². The van der Waals surface area contributed by atoms with E-state index in [1.165, 1.54) is 16.9 Å². The lowest BCUT2D eigenvalue weighted by molar-refractivity contribution is 0.0619. The van der Waals surface area contributed by atoms with E-state index in [0.29, 0.717) is 31.3 Å². The number of nitrogens with zero attached hydrogens (tertiary/aromatic N) is 5. The minimum atomic E-state index is 0.0681. The van der Waals surface area contributed by atoms with Gasteiger partial charge in [-0.1, -0.05) is 35.5 Å². The van der Waals surface area contributed by atoms with E-state index in [9.17, 15) is 4.79 Å². The third-order valence-corrected chi connectivity index (χ3v) is 7.21. The number of ether oxygens (including phenoxy) is 1. The Bertz CT molecular complexity index is 1280. The number of hydrogen-bond acceptors (Lipinski definition) is 8. The van der Waals surface area contributed by atoms with Gasteiger partial charge < -0.3 is 14.2 Å².